The summed E-state index contributed by atoms with van der Waals surface area (Å²) in [5.41, 5.74) is 14.2. The van der Waals surface area contributed by atoms with Gasteiger partial charge in [-0.2, -0.15) is 0 Å². The van der Waals surface area contributed by atoms with Crippen LogP contribution in [0.25, 0.3) is 67.5 Å². The van der Waals surface area contributed by atoms with Crippen molar-refractivity contribution in [1.29, 1.82) is 0 Å². The predicted molar refractivity (Wildman–Crippen MR) is 255 cm³/mol. The summed E-state index contributed by atoms with van der Waals surface area (Å²) in [6.07, 6.45) is 0. The summed E-state index contributed by atoms with van der Waals surface area (Å²) in [5, 5.41) is 0. The van der Waals surface area contributed by atoms with Crippen molar-refractivity contribution in [1.82, 2.24) is 15.0 Å². The maximum Gasteiger partial charge on any atom is 0.164 e. The fraction of sp³-hybridized carbons (Fsp3) is 0.0172. The molecule has 0 bridgehead atoms. The molecule has 0 amide bonds. The van der Waals surface area contributed by atoms with Crippen LogP contribution in [0.1, 0.15) is 22.3 Å². The van der Waals surface area contributed by atoms with E-state index in [0.717, 1.165) is 44.5 Å². The molecule has 11 rings (SSSR count). The lowest BCUT2D eigenvalue weighted by Gasteiger charge is -2.42. The first-order valence-corrected chi connectivity index (χ1v) is 21.7. The minimum absolute atomic E-state index is 0.459. The van der Waals surface area contributed by atoms with Gasteiger partial charge in [0, 0.05) is 26.5 Å². The second kappa shape index (κ2) is 16.1. The Labute approximate surface area is 366 Å². The summed E-state index contributed by atoms with van der Waals surface area (Å²) in [6, 6.07) is 84.2. The highest BCUT2D eigenvalue weighted by Gasteiger charge is 2.44. The van der Waals surface area contributed by atoms with Gasteiger partial charge in [-0.1, -0.05) is 224 Å². The Balaban J connectivity index is 0.998. The molecule has 1 aliphatic rings. The molecule has 3 nitrogen and oxygen atoms in total. The van der Waals surface area contributed by atoms with Crippen molar-refractivity contribution in [3.05, 3.63) is 259 Å². The minimum atomic E-state index is -0.459. The van der Waals surface area contributed by atoms with E-state index in [2.05, 4.69) is 206 Å². The van der Waals surface area contributed by atoms with Gasteiger partial charge in [-0.25, -0.2) is 15.0 Å². The Morgan fingerprint density at radius 3 is 1.35 bits per heavy atom. The van der Waals surface area contributed by atoms with E-state index in [-0.39, 0.29) is 0 Å². The Bertz CT molecular complexity index is 3160. The van der Waals surface area contributed by atoms with Gasteiger partial charge in [0.25, 0.3) is 0 Å². The van der Waals surface area contributed by atoms with Crippen LogP contribution in [-0.4, -0.2) is 15.0 Å². The van der Waals surface area contributed by atoms with Gasteiger partial charge in [-0.15, -0.1) is 0 Å². The molecule has 0 spiro atoms. The Hall–Kier alpha value is -7.66. The summed E-state index contributed by atoms with van der Waals surface area (Å²) >= 11 is 1.86. The molecule has 4 heteroatoms. The highest BCUT2D eigenvalue weighted by Crippen LogP contribution is 2.56. The monoisotopic (exact) mass is 809 g/mol. The molecule has 10 aromatic rings. The number of rotatable bonds is 8. The second-order valence-corrected chi connectivity index (χ2v) is 16.6. The van der Waals surface area contributed by atoms with Gasteiger partial charge < -0.3 is 0 Å². The zero-order valence-electron chi connectivity index (χ0n) is 33.8. The normalized spacial score (nSPS) is 12.6. The van der Waals surface area contributed by atoms with Gasteiger partial charge in [0.1, 0.15) is 0 Å². The lowest BCUT2D eigenvalue weighted by atomic mass is 9.64. The highest BCUT2D eigenvalue weighted by atomic mass is 32.2. The van der Waals surface area contributed by atoms with Gasteiger partial charge in [0.15, 0.2) is 17.5 Å². The fourth-order valence-electron chi connectivity index (χ4n) is 9.00. The van der Waals surface area contributed by atoms with E-state index in [9.17, 15) is 0 Å². The predicted octanol–water partition coefficient (Wildman–Crippen LogP) is 14.7. The van der Waals surface area contributed by atoms with Crippen LogP contribution in [0.2, 0.25) is 0 Å². The van der Waals surface area contributed by atoms with Crippen LogP contribution < -0.4 is 0 Å². The molecular formula is C58H39N3S. The van der Waals surface area contributed by atoms with E-state index < -0.39 is 5.41 Å². The molecule has 1 aromatic heterocycles. The molecule has 292 valence electrons. The topological polar surface area (TPSA) is 38.7 Å². The van der Waals surface area contributed by atoms with Crippen molar-refractivity contribution < 1.29 is 0 Å². The molecular weight excluding hydrogens is 771 g/mol. The molecule has 0 saturated carbocycles. The zero-order chi connectivity index (χ0) is 41.3. The summed E-state index contributed by atoms with van der Waals surface area (Å²) in [6.45, 7) is 0. The molecule has 1 aliphatic heterocycles. The first-order valence-electron chi connectivity index (χ1n) is 20.9. The third-order valence-electron chi connectivity index (χ3n) is 11.9. The number of hydrogen-bond acceptors (Lipinski definition) is 4. The van der Waals surface area contributed by atoms with Crippen molar-refractivity contribution in [2.75, 3.05) is 0 Å². The lowest BCUT2D eigenvalue weighted by molar-refractivity contribution is 0.703. The molecule has 0 aliphatic carbocycles. The number of benzene rings is 9. The summed E-state index contributed by atoms with van der Waals surface area (Å²) in [4.78, 5) is 17.9. The molecule has 0 atom stereocenters. The molecule has 0 unspecified atom stereocenters. The van der Waals surface area contributed by atoms with Crippen molar-refractivity contribution in [2.24, 2.45) is 0 Å². The number of hydrogen-bond donors (Lipinski definition) is 0. The van der Waals surface area contributed by atoms with E-state index in [1.54, 1.807) is 0 Å². The number of fused-ring (bicyclic) bond motifs is 2. The first kappa shape index (κ1) is 37.3. The van der Waals surface area contributed by atoms with E-state index in [1.807, 2.05) is 42.1 Å². The summed E-state index contributed by atoms with van der Waals surface area (Å²) < 4.78 is 0. The van der Waals surface area contributed by atoms with E-state index in [0.29, 0.717) is 17.5 Å². The Morgan fingerprint density at radius 1 is 0.274 bits per heavy atom. The first-order chi connectivity index (χ1) is 30.7. The van der Waals surface area contributed by atoms with Crippen LogP contribution in [-0.2, 0) is 5.41 Å². The Morgan fingerprint density at radius 2 is 0.710 bits per heavy atom. The van der Waals surface area contributed by atoms with E-state index >= 15 is 0 Å². The third kappa shape index (κ3) is 6.71. The molecule has 0 radical (unpaired) electrons. The standard InChI is InChI=1S/C58H39N3S/c1-5-19-40(20-6-1)49-31-13-14-32-50(49)57-60-55(41-21-7-2-8-22-41)59-56(61-57)46-26-18-25-44(38-46)42-23-17-24-43(37-42)45-35-36-52-54(39-45)62-53-34-16-15-33-51(53)58(52,47-27-9-3-10-28-47)48-29-11-4-12-30-48/h1-39H. The zero-order valence-corrected chi connectivity index (χ0v) is 34.6. The number of nitrogens with zero attached hydrogens (tertiary/aromatic N) is 3. The third-order valence-corrected chi connectivity index (χ3v) is 13.0. The highest BCUT2D eigenvalue weighted by molar-refractivity contribution is 7.99. The van der Waals surface area contributed by atoms with Gasteiger partial charge >= 0.3 is 0 Å². The lowest BCUT2D eigenvalue weighted by Crippen LogP contribution is -2.34. The van der Waals surface area contributed by atoms with E-state index in [4.69, 9.17) is 15.0 Å². The molecule has 2 heterocycles. The molecule has 0 fully saturated rings. The molecule has 0 saturated heterocycles. The average Bonchev–Trinajstić information content (AvgIpc) is 3.36. The summed E-state index contributed by atoms with van der Waals surface area (Å²) in [5.74, 6) is 1.90. The molecule has 0 N–H and O–H groups in total. The van der Waals surface area contributed by atoms with Crippen LogP contribution in [0.15, 0.2) is 246 Å². The summed E-state index contributed by atoms with van der Waals surface area (Å²) in [7, 11) is 0. The second-order valence-electron chi connectivity index (χ2n) is 15.5. The van der Waals surface area contributed by atoms with Crippen molar-refractivity contribution in [2.45, 2.75) is 15.2 Å². The molecule has 9 aromatic carbocycles. The maximum absolute atomic E-state index is 5.17. The minimum Gasteiger partial charge on any atom is -0.208 e. The fourth-order valence-corrected chi connectivity index (χ4v) is 10.2. The van der Waals surface area contributed by atoms with Crippen LogP contribution in [0, 0.1) is 0 Å². The maximum atomic E-state index is 5.17. The van der Waals surface area contributed by atoms with Gasteiger partial charge in [0.2, 0.25) is 0 Å². The van der Waals surface area contributed by atoms with Crippen LogP contribution in [0.3, 0.4) is 0 Å². The number of aromatic nitrogens is 3. The van der Waals surface area contributed by atoms with Crippen LogP contribution in [0.4, 0.5) is 0 Å². The average molecular weight is 810 g/mol. The van der Waals surface area contributed by atoms with Crippen LogP contribution in [0.5, 0.6) is 0 Å². The van der Waals surface area contributed by atoms with Crippen molar-refractivity contribution in [3.8, 4) is 67.5 Å². The smallest absolute Gasteiger partial charge is 0.164 e. The van der Waals surface area contributed by atoms with Crippen molar-refractivity contribution >= 4 is 11.8 Å². The van der Waals surface area contributed by atoms with Gasteiger partial charge in [0.05, 0.1) is 5.41 Å². The van der Waals surface area contributed by atoms with Gasteiger partial charge in [-0.3, -0.25) is 0 Å². The Kier molecular flexibility index (Phi) is 9.68. The molecule has 62 heavy (non-hydrogen) atoms. The van der Waals surface area contributed by atoms with Crippen LogP contribution >= 0.6 is 11.8 Å². The van der Waals surface area contributed by atoms with Gasteiger partial charge in [-0.05, 0) is 79.9 Å². The SMILES string of the molecule is c1ccc(-c2nc(-c3cccc(-c4cccc(-c5ccc6c(c5)Sc5ccccc5C6(c5ccccc5)c5ccccc5)c4)c3)nc(-c3ccccc3-c3ccccc3)n2)cc1. The quantitative estimate of drug-likeness (QED) is 0.153. The largest absolute Gasteiger partial charge is 0.208 e. The van der Waals surface area contributed by atoms with Crippen molar-refractivity contribution in [3.63, 3.8) is 0 Å². The van der Waals surface area contributed by atoms with E-state index in [1.165, 1.54) is 37.6 Å².